The summed E-state index contributed by atoms with van der Waals surface area (Å²) in [5.74, 6) is -0.545. The smallest absolute Gasteiger partial charge is 0.264 e. The van der Waals surface area contributed by atoms with Crippen LogP contribution in [-0.4, -0.2) is 5.11 Å². The van der Waals surface area contributed by atoms with Gasteiger partial charge in [0.15, 0.2) is 0 Å². The second kappa shape index (κ2) is 5.23. The molecule has 4 heteroatoms. The highest BCUT2D eigenvalue weighted by atomic mass is 19.3. The van der Waals surface area contributed by atoms with Crippen molar-refractivity contribution in [3.63, 3.8) is 0 Å². The molecule has 0 heterocycles. The first-order valence-corrected chi connectivity index (χ1v) is 5.40. The molecule has 18 heavy (non-hydrogen) atoms. The van der Waals surface area contributed by atoms with Crippen LogP contribution in [0.2, 0.25) is 0 Å². The van der Waals surface area contributed by atoms with Crippen molar-refractivity contribution in [2.75, 3.05) is 0 Å². The van der Waals surface area contributed by atoms with Crippen LogP contribution in [0.15, 0.2) is 42.5 Å². The summed E-state index contributed by atoms with van der Waals surface area (Å²) in [6.07, 6.45) is -2.72. The number of alkyl halides is 2. The van der Waals surface area contributed by atoms with Crippen molar-refractivity contribution in [1.29, 1.82) is 0 Å². The van der Waals surface area contributed by atoms with E-state index in [-0.39, 0.29) is 23.3 Å². The summed E-state index contributed by atoms with van der Waals surface area (Å²) in [7, 11) is 0. The van der Waals surface area contributed by atoms with Gasteiger partial charge in [-0.1, -0.05) is 30.3 Å². The zero-order valence-corrected chi connectivity index (χ0v) is 9.41. The summed E-state index contributed by atoms with van der Waals surface area (Å²) < 4.78 is 39.5. The van der Waals surface area contributed by atoms with Gasteiger partial charge in [-0.05, 0) is 23.3 Å². The monoisotopic (exact) mass is 252 g/mol. The number of aliphatic hydroxyl groups is 1. The molecule has 0 aromatic heterocycles. The molecule has 0 saturated heterocycles. The second-order valence-corrected chi connectivity index (χ2v) is 3.86. The van der Waals surface area contributed by atoms with Gasteiger partial charge in [0.1, 0.15) is 5.82 Å². The van der Waals surface area contributed by atoms with Gasteiger partial charge >= 0.3 is 0 Å². The van der Waals surface area contributed by atoms with Gasteiger partial charge < -0.3 is 5.11 Å². The molecule has 1 nitrogen and oxygen atoms in total. The molecule has 0 saturated carbocycles. The third-order valence-corrected chi connectivity index (χ3v) is 2.70. The van der Waals surface area contributed by atoms with Crippen molar-refractivity contribution in [3.8, 4) is 11.1 Å². The Bertz CT molecular complexity index is 552. The van der Waals surface area contributed by atoms with E-state index in [1.807, 2.05) is 0 Å². The molecule has 0 atom stereocenters. The average molecular weight is 252 g/mol. The molecule has 0 aliphatic rings. The highest BCUT2D eigenvalue weighted by Crippen LogP contribution is 2.33. The summed E-state index contributed by atoms with van der Waals surface area (Å²) in [5.41, 5.74) is 0.398. The largest absolute Gasteiger partial charge is 0.392 e. The van der Waals surface area contributed by atoms with Crippen LogP contribution in [0.25, 0.3) is 11.1 Å². The van der Waals surface area contributed by atoms with E-state index in [2.05, 4.69) is 0 Å². The first kappa shape index (κ1) is 12.6. The molecule has 0 aliphatic heterocycles. The number of aliphatic hydroxyl groups excluding tert-OH is 1. The highest BCUT2D eigenvalue weighted by Gasteiger charge is 2.16. The Morgan fingerprint density at radius 1 is 1.00 bits per heavy atom. The second-order valence-electron chi connectivity index (χ2n) is 3.86. The van der Waals surface area contributed by atoms with Crippen LogP contribution in [0.4, 0.5) is 13.2 Å². The fourth-order valence-corrected chi connectivity index (χ4v) is 1.82. The van der Waals surface area contributed by atoms with Crippen LogP contribution >= 0.6 is 0 Å². The molecule has 0 amide bonds. The predicted octanol–water partition coefficient (Wildman–Crippen LogP) is 3.92. The van der Waals surface area contributed by atoms with E-state index >= 15 is 0 Å². The van der Waals surface area contributed by atoms with Crippen molar-refractivity contribution >= 4 is 0 Å². The van der Waals surface area contributed by atoms with Gasteiger partial charge in [-0.3, -0.25) is 0 Å². The molecule has 2 aromatic rings. The highest BCUT2D eigenvalue weighted by molar-refractivity contribution is 5.68. The van der Waals surface area contributed by atoms with E-state index in [4.69, 9.17) is 5.11 Å². The quantitative estimate of drug-likeness (QED) is 0.877. The van der Waals surface area contributed by atoms with E-state index in [1.165, 1.54) is 36.4 Å². The van der Waals surface area contributed by atoms with E-state index < -0.39 is 12.2 Å². The Balaban J connectivity index is 2.60. The van der Waals surface area contributed by atoms with Gasteiger partial charge in [-0.15, -0.1) is 0 Å². The SMILES string of the molecule is OCc1ccc(-c2ccccc2F)c(C(F)F)c1. The summed E-state index contributed by atoms with van der Waals surface area (Å²) in [5, 5.41) is 8.94. The topological polar surface area (TPSA) is 20.2 Å². The Morgan fingerprint density at radius 2 is 1.72 bits per heavy atom. The molecule has 2 rings (SSSR count). The van der Waals surface area contributed by atoms with Crippen molar-refractivity contribution in [2.45, 2.75) is 13.0 Å². The fourth-order valence-electron chi connectivity index (χ4n) is 1.82. The summed E-state index contributed by atoms with van der Waals surface area (Å²) >= 11 is 0. The van der Waals surface area contributed by atoms with E-state index in [0.29, 0.717) is 5.56 Å². The van der Waals surface area contributed by atoms with Crippen LogP contribution < -0.4 is 0 Å². The zero-order valence-electron chi connectivity index (χ0n) is 9.41. The van der Waals surface area contributed by atoms with Gasteiger partial charge in [0, 0.05) is 11.1 Å². The zero-order chi connectivity index (χ0) is 13.1. The van der Waals surface area contributed by atoms with E-state index in [0.717, 1.165) is 0 Å². The van der Waals surface area contributed by atoms with Crippen LogP contribution in [0.5, 0.6) is 0 Å². The van der Waals surface area contributed by atoms with Crippen LogP contribution in [-0.2, 0) is 6.61 Å². The predicted molar refractivity (Wildman–Crippen MR) is 62.7 cm³/mol. The molecule has 1 N–H and O–H groups in total. The number of rotatable bonds is 3. The van der Waals surface area contributed by atoms with Gasteiger partial charge in [0.25, 0.3) is 6.43 Å². The molecular formula is C14H11F3O. The minimum Gasteiger partial charge on any atom is -0.392 e. The molecule has 0 unspecified atom stereocenters. The first-order chi connectivity index (χ1) is 8.63. The van der Waals surface area contributed by atoms with Crippen LogP contribution in [0, 0.1) is 5.82 Å². The molecule has 94 valence electrons. The maximum absolute atomic E-state index is 13.6. The lowest BCUT2D eigenvalue weighted by molar-refractivity contribution is 0.151. The standard InChI is InChI=1S/C14H11F3O/c15-13-4-2-1-3-11(13)10-6-5-9(8-18)7-12(10)14(16)17/h1-7,14,18H,8H2. The van der Waals surface area contributed by atoms with Crippen molar-refractivity contribution in [3.05, 3.63) is 59.4 Å². The minimum absolute atomic E-state index is 0.136. The molecule has 2 aromatic carbocycles. The maximum atomic E-state index is 13.6. The Labute approximate surface area is 103 Å². The molecule has 0 fully saturated rings. The van der Waals surface area contributed by atoms with Gasteiger partial charge in [0.05, 0.1) is 6.61 Å². The minimum atomic E-state index is -2.72. The average Bonchev–Trinajstić information content (AvgIpc) is 2.38. The number of hydrogen-bond acceptors (Lipinski definition) is 1. The third-order valence-electron chi connectivity index (χ3n) is 2.70. The summed E-state index contributed by atoms with van der Waals surface area (Å²) in [4.78, 5) is 0. The lowest BCUT2D eigenvalue weighted by Gasteiger charge is -2.11. The van der Waals surface area contributed by atoms with Crippen LogP contribution in [0.1, 0.15) is 17.6 Å². The van der Waals surface area contributed by atoms with Crippen LogP contribution in [0.3, 0.4) is 0 Å². The van der Waals surface area contributed by atoms with Gasteiger partial charge in [-0.25, -0.2) is 13.2 Å². The van der Waals surface area contributed by atoms with Crippen molar-refractivity contribution in [2.24, 2.45) is 0 Å². The Hall–Kier alpha value is -1.81. The Morgan fingerprint density at radius 3 is 2.33 bits per heavy atom. The van der Waals surface area contributed by atoms with E-state index in [9.17, 15) is 13.2 Å². The summed E-state index contributed by atoms with van der Waals surface area (Å²) in [6.45, 7) is -0.322. The Kier molecular flexibility index (Phi) is 3.67. The van der Waals surface area contributed by atoms with Crippen molar-refractivity contribution in [1.82, 2.24) is 0 Å². The van der Waals surface area contributed by atoms with Crippen molar-refractivity contribution < 1.29 is 18.3 Å². The first-order valence-electron chi connectivity index (χ1n) is 5.40. The van der Waals surface area contributed by atoms with Gasteiger partial charge in [-0.2, -0.15) is 0 Å². The number of benzene rings is 2. The molecule has 0 aliphatic carbocycles. The third kappa shape index (κ3) is 2.38. The normalized spacial score (nSPS) is 10.9. The maximum Gasteiger partial charge on any atom is 0.264 e. The lowest BCUT2D eigenvalue weighted by Crippen LogP contribution is -1.95. The summed E-state index contributed by atoms with van der Waals surface area (Å²) in [6, 6.07) is 9.89. The molecule has 0 radical (unpaired) electrons. The molecule has 0 spiro atoms. The van der Waals surface area contributed by atoms with E-state index in [1.54, 1.807) is 6.07 Å². The lowest BCUT2D eigenvalue weighted by atomic mass is 9.97. The number of hydrogen-bond donors (Lipinski definition) is 1. The molecule has 0 bridgehead atoms. The number of halogens is 3. The molecular weight excluding hydrogens is 241 g/mol. The fraction of sp³-hybridized carbons (Fsp3) is 0.143. The van der Waals surface area contributed by atoms with Gasteiger partial charge in [0.2, 0.25) is 0 Å².